The van der Waals surface area contributed by atoms with Crippen LogP contribution in [0.15, 0.2) is 0 Å². The number of hydrogen-bond donors (Lipinski definition) is 5. The number of fused-ring (bicyclic) bond motifs is 3. The number of nitrogens with two attached hydrogens (primary N) is 1. The van der Waals surface area contributed by atoms with Crippen molar-refractivity contribution in [2.75, 3.05) is 33.9 Å². The molecule has 1 aliphatic carbocycles. The van der Waals surface area contributed by atoms with Crippen LogP contribution in [0.25, 0.3) is 0 Å². The SMILES string of the molecule is CN(C)CCN(CO)C1NC2C(CCC3NC(O)C(N)CC32)S1. The second-order valence-electron chi connectivity index (χ2n) is 7.34. The second kappa shape index (κ2) is 7.53. The van der Waals surface area contributed by atoms with E-state index in [1.165, 1.54) is 0 Å². The lowest BCUT2D eigenvalue weighted by molar-refractivity contribution is 0.0133. The molecule has 134 valence electrons. The van der Waals surface area contributed by atoms with Crippen molar-refractivity contribution in [2.24, 2.45) is 11.7 Å². The molecule has 6 N–H and O–H groups in total. The van der Waals surface area contributed by atoms with E-state index in [1.807, 2.05) is 11.8 Å². The maximum Gasteiger partial charge on any atom is 0.120 e. The Labute approximate surface area is 143 Å². The summed E-state index contributed by atoms with van der Waals surface area (Å²) in [6.07, 6.45) is 2.51. The van der Waals surface area contributed by atoms with Crippen molar-refractivity contribution in [3.63, 3.8) is 0 Å². The van der Waals surface area contributed by atoms with Gasteiger partial charge in [-0.15, -0.1) is 11.8 Å². The smallest absolute Gasteiger partial charge is 0.120 e. The molecule has 7 nitrogen and oxygen atoms in total. The van der Waals surface area contributed by atoms with E-state index in [1.54, 1.807) is 0 Å². The van der Waals surface area contributed by atoms with E-state index in [0.29, 0.717) is 23.3 Å². The Morgan fingerprint density at radius 3 is 2.70 bits per heavy atom. The molecule has 7 unspecified atom stereocenters. The molecule has 0 spiro atoms. The average Bonchev–Trinajstić information content (AvgIpc) is 2.93. The number of aliphatic hydroxyl groups is 2. The summed E-state index contributed by atoms with van der Waals surface area (Å²) < 4.78 is 0. The summed E-state index contributed by atoms with van der Waals surface area (Å²) in [5.74, 6) is 0.457. The number of hydrogen-bond acceptors (Lipinski definition) is 8. The van der Waals surface area contributed by atoms with Gasteiger partial charge in [-0.2, -0.15) is 0 Å². The van der Waals surface area contributed by atoms with E-state index in [0.717, 1.165) is 32.4 Å². The number of thioether (sulfide) groups is 1. The van der Waals surface area contributed by atoms with Crippen LogP contribution in [0, 0.1) is 5.92 Å². The Hall–Kier alpha value is 0.0700. The highest BCUT2D eigenvalue weighted by Crippen LogP contribution is 2.43. The van der Waals surface area contributed by atoms with Gasteiger partial charge in [0, 0.05) is 36.5 Å². The quantitative estimate of drug-likeness (QED) is 0.387. The van der Waals surface area contributed by atoms with Gasteiger partial charge in [-0.1, -0.05) is 0 Å². The van der Waals surface area contributed by atoms with Crippen molar-refractivity contribution in [3.8, 4) is 0 Å². The van der Waals surface area contributed by atoms with Gasteiger partial charge in [0.05, 0.1) is 6.73 Å². The molecule has 2 aliphatic heterocycles. The van der Waals surface area contributed by atoms with Gasteiger partial charge >= 0.3 is 0 Å². The minimum Gasteiger partial charge on any atom is -0.381 e. The Balaban J connectivity index is 1.63. The van der Waals surface area contributed by atoms with E-state index in [2.05, 4.69) is 34.5 Å². The third kappa shape index (κ3) is 3.85. The second-order valence-corrected chi connectivity index (χ2v) is 8.66. The summed E-state index contributed by atoms with van der Waals surface area (Å²) in [5, 5.41) is 27.3. The number of piperidine rings is 1. The monoisotopic (exact) mass is 345 g/mol. The van der Waals surface area contributed by atoms with E-state index in [-0.39, 0.29) is 18.3 Å². The molecule has 2 heterocycles. The van der Waals surface area contributed by atoms with Crippen molar-refractivity contribution in [1.29, 1.82) is 0 Å². The molecular weight excluding hydrogens is 314 g/mol. The number of nitrogens with zero attached hydrogens (tertiary/aromatic N) is 2. The van der Waals surface area contributed by atoms with Gasteiger partial charge in [-0.25, -0.2) is 0 Å². The predicted octanol–water partition coefficient (Wildman–Crippen LogP) is -1.43. The van der Waals surface area contributed by atoms with E-state index in [9.17, 15) is 10.2 Å². The van der Waals surface area contributed by atoms with Gasteiger partial charge < -0.3 is 20.8 Å². The van der Waals surface area contributed by atoms with Gasteiger partial charge in [-0.3, -0.25) is 15.5 Å². The molecule has 0 aromatic heterocycles. The van der Waals surface area contributed by atoms with Gasteiger partial charge in [0.15, 0.2) is 0 Å². The highest BCUT2D eigenvalue weighted by atomic mass is 32.2. The van der Waals surface area contributed by atoms with E-state index in [4.69, 9.17) is 5.73 Å². The maximum atomic E-state index is 9.95. The van der Waals surface area contributed by atoms with Crippen LogP contribution in [0.1, 0.15) is 19.3 Å². The molecule has 8 heteroatoms. The third-order valence-electron chi connectivity index (χ3n) is 5.46. The first-order chi connectivity index (χ1) is 11.0. The van der Waals surface area contributed by atoms with Gasteiger partial charge in [0.25, 0.3) is 0 Å². The first kappa shape index (κ1) is 17.9. The van der Waals surface area contributed by atoms with Crippen molar-refractivity contribution >= 4 is 11.8 Å². The summed E-state index contributed by atoms with van der Waals surface area (Å²) in [5.41, 5.74) is 6.23. The molecule has 3 aliphatic rings. The summed E-state index contributed by atoms with van der Waals surface area (Å²) in [7, 11) is 4.10. The third-order valence-corrected chi connectivity index (χ3v) is 7.03. The fraction of sp³-hybridized carbons (Fsp3) is 1.00. The van der Waals surface area contributed by atoms with Crippen LogP contribution >= 0.6 is 11.8 Å². The molecule has 3 fully saturated rings. The molecule has 0 aromatic carbocycles. The van der Waals surface area contributed by atoms with Gasteiger partial charge in [0.1, 0.15) is 11.7 Å². The van der Waals surface area contributed by atoms with Crippen molar-refractivity contribution < 1.29 is 10.2 Å². The highest BCUT2D eigenvalue weighted by Gasteiger charge is 2.49. The fourth-order valence-corrected chi connectivity index (χ4v) is 5.74. The maximum absolute atomic E-state index is 9.95. The Morgan fingerprint density at radius 2 is 2.00 bits per heavy atom. The molecule has 1 saturated carbocycles. The number of rotatable bonds is 5. The number of nitrogens with one attached hydrogen (secondary N) is 2. The molecule has 0 aromatic rings. The number of likely N-dealkylation sites (N-methyl/N-ethyl adjacent to an activating group) is 1. The van der Waals surface area contributed by atoms with Crippen LogP contribution in [0.5, 0.6) is 0 Å². The molecule has 0 radical (unpaired) electrons. The lowest BCUT2D eigenvalue weighted by atomic mass is 9.74. The summed E-state index contributed by atoms with van der Waals surface area (Å²) in [4.78, 5) is 4.24. The van der Waals surface area contributed by atoms with Crippen LogP contribution in [-0.2, 0) is 0 Å². The van der Waals surface area contributed by atoms with Crippen molar-refractivity contribution in [3.05, 3.63) is 0 Å². The largest absolute Gasteiger partial charge is 0.381 e. The van der Waals surface area contributed by atoms with Crippen LogP contribution in [-0.4, -0.2) is 89.0 Å². The highest BCUT2D eigenvalue weighted by molar-refractivity contribution is 8.00. The lowest BCUT2D eigenvalue weighted by Gasteiger charge is -2.46. The average molecular weight is 346 g/mol. The Bertz CT molecular complexity index is 402. The molecule has 23 heavy (non-hydrogen) atoms. The topological polar surface area (TPSA) is 97.0 Å². The standard InChI is InChI=1S/C15H31N5O2S/c1-19(2)5-6-20(8-21)15-18-13-9-7-10(16)14(22)17-11(9)3-4-12(13)23-15/h9-15,17-18,21-22H,3-8,16H2,1-2H3. The molecular formula is C15H31N5O2S. The van der Waals surface area contributed by atoms with Crippen LogP contribution < -0.4 is 16.4 Å². The zero-order valence-electron chi connectivity index (χ0n) is 14.1. The van der Waals surface area contributed by atoms with Gasteiger partial charge in [-0.05, 0) is 39.3 Å². The molecule has 7 atom stereocenters. The first-order valence-electron chi connectivity index (χ1n) is 8.60. The first-order valence-corrected chi connectivity index (χ1v) is 9.54. The number of aliphatic hydroxyl groups excluding tert-OH is 2. The fourth-order valence-electron chi connectivity index (χ4n) is 4.10. The normalized spacial score (nSPS) is 43.7. The minimum atomic E-state index is -0.577. The van der Waals surface area contributed by atoms with E-state index < -0.39 is 6.23 Å². The minimum absolute atomic E-state index is 0.0719. The summed E-state index contributed by atoms with van der Waals surface area (Å²) >= 11 is 1.94. The van der Waals surface area contributed by atoms with Crippen LogP contribution in [0.4, 0.5) is 0 Å². The summed E-state index contributed by atoms with van der Waals surface area (Å²) in [6, 6.07) is 0.564. The molecule has 0 bridgehead atoms. The zero-order valence-corrected chi connectivity index (χ0v) is 14.9. The molecule has 0 amide bonds. The summed E-state index contributed by atoms with van der Waals surface area (Å²) in [6.45, 7) is 1.85. The Morgan fingerprint density at radius 1 is 1.22 bits per heavy atom. The van der Waals surface area contributed by atoms with Crippen LogP contribution in [0.3, 0.4) is 0 Å². The Kier molecular flexibility index (Phi) is 5.85. The predicted molar refractivity (Wildman–Crippen MR) is 92.7 cm³/mol. The van der Waals surface area contributed by atoms with Crippen molar-refractivity contribution in [2.45, 2.75) is 54.4 Å². The van der Waals surface area contributed by atoms with Gasteiger partial charge in [0.2, 0.25) is 0 Å². The van der Waals surface area contributed by atoms with Crippen molar-refractivity contribution in [1.82, 2.24) is 20.4 Å². The lowest BCUT2D eigenvalue weighted by Crippen LogP contribution is -2.64. The van der Waals surface area contributed by atoms with Crippen LogP contribution in [0.2, 0.25) is 0 Å². The molecule has 2 saturated heterocycles. The molecule has 3 rings (SSSR count). The van der Waals surface area contributed by atoms with E-state index >= 15 is 0 Å². The zero-order chi connectivity index (χ0) is 16.6.